The summed E-state index contributed by atoms with van der Waals surface area (Å²) in [6.45, 7) is 7.31. The molecule has 5 amide bonds. The third-order valence-corrected chi connectivity index (χ3v) is 28.8. The van der Waals surface area contributed by atoms with E-state index in [0.717, 1.165) is 108 Å². The fourth-order valence-corrected chi connectivity index (χ4v) is 20.8. The largest absolute Gasteiger partial charge is 0.493 e. The number of aryl methyl sites for hydroxylation is 1. The third kappa shape index (κ3) is 26.1. The highest BCUT2D eigenvalue weighted by molar-refractivity contribution is 8.15. The first-order chi connectivity index (χ1) is 71.1. The summed E-state index contributed by atoms with van der Waals surface area (Å²) in [4.78, 5) is 66.6. The van der Waals surface area contributed by atoms with Gasteiger partial charge < -0.3 is 52.7 Å². The Morgan fingerprint density at radius 3 is 1.21 bits per heavy atom. The number of ether oxygens (including phenoxy) is 10. The number of thioether (sulfide) groups is 4. The first kappa shape index (κ1) is 107. The summed E-state index contributed by atoms with van der Waals surface area (Å²) in [6, 6.07) is 54.7. The molecule has 4 heterocycles. The summed E-state index contributed by atoms with van der Waals surface area (Å²) in [6.07, 6.45) is 10.2. The van der Waals surface area contributed by atoms with E-state index in [4.69, 9.17) is 53.0 Å². The van der Waals surface area contributed by atoms with Gasteiger partial charge in [0, 0.05) is 81.3 Å². The van der Waals surface area contributed by atoms with Crippen molar-refractivity contribution in [2.75, 3.05) is 75.1 Å². The van der Waals surface area contributed by atoms with Gasteiger partial charge in [-0.3, -0.25) is 24.0 Å². The number of carbonyl (C=O) groups is 5. The first-order valence-corrected chi connectivity index (χ1v) is 50.3. The van der Waals surface area contributed by atoms with Crippen LogP contribution in [0, 0.1) is 94.2 Å². The van der Waals surface area contributed by atoms with Crippen LogP contribution in [0.5, 0.6) is 51.7 Å². The van der Waals surface area contributed by atoms with Crippen molar-refractivity contribution < 1.29 is 115 Å². The molecule has 7 aliphatic rings. The Hall–Kier alpha value is -14.2. The molecule has 3 saturated carbocycles. The molecule has 0 saturated heterocycles. The average molecular weight is 2100 g/mol. The third-order valence-electron chi connectivity index (χ3n) is 23.9. The minimum absolute atomic E-state index is 0.0200. The van der Waals surface area contributed by atoms with Crippen LogP contribution in [0.3, 0.4) is 0 Å². The predicted molar refractivity (Wildman–Crippen MR) is 539 cm³/mol. The van der Waals surface area contributed by atoms with E-state index in [1.807, 2.05) is 75.4 Å². The van der Waals surface area contributed by atoms with Gasteiger partial charge in [-0.2, -0.15) is 30.1 Å². The number of rotatable bonds is 33. The van der Waals surface area contributed by atoms with Crippen molar-refractivity contribution in [2.24, 2.45) is 38.2 Å². The maximum atomic E-state index is 15.1. The van der Waals surface area contributed by atoms with Crippen LogP contribution in [-0.4, -0.2) is 151 Å². The zero-order chi connectivity index (χ0) is 104. The van der Waals surface area contributed by atoms with Crippen LogP contribution in [-0.2, 0) is 14.3 Å². The van der Waals surface area contributed by atoms with Gasteiger partial charge in [-0.15, -0.1) is 0 Å². The maximum absolute atomic E-state index is 15.1. The number of benzene rings is 11. The number of carbonyl (C=O) groups excluding carboxylic acids is 5. The second-order valence-electron chi connectivity index (χ2n) is 34.5. The molecule has 3 fully saturated rings. The summed E-state index contributed by atoms with van der Waals surface area (Å²) < 4.78 is 196. The van der Waals surface area contributed by atoms with Gasteiger partial charge in [0.15, 0.2) is 76.6 Å². The fourth-order valence-electron chi connectivity index (χ4n) is 16.1. The highest BCUT2D eigenvalue weighted by Gasteiger charge is 2.45. The van der Waals surface area contributed by atoms with Crippen molar-refractivity contribution in [1.82, 2.24) is 25.4 Å². The molecule has 39 heteroatoms. The molecule has 1 N–H and O–H groups in total. The molecule has 766 valence electrons. The Morgan fingerprint density at radius 1 is 0.408 bits per heavy atom. The summed E-state index contributed by atoms with van der Waals surface area (Å²) in [5, 5.41) is 33.6. The van der Waals surface area contributed by atoms with E-state index in [1.165, 1.54) is 141 Å². The van der Waals surface area contributed by atoms with Crippen molar-refractivity contribution >= 4 is 96.8 Å². The number of hydrazone groups is 4. The first-order valence-electron chi connectivity index (χ1n) is 46.8. The molecular formula is C108H100F10N10O15S4. The summed E-state index contributed by atoms with van der Waals surface area (Å²) in [5.41, 5.74) is 4.41. The van der Waals surface area contributed by atoms with Gasteiger partial charge >= 0.3 is 0 Å². The second kappa shape index (κ2) is 49.8. The van der Waals surface area contributed by atoms with Gasteiger partial charge in [0.25, 0.3) is 23.6 Å². The number of para-hydroxylation sites is 4. The Labute approximate surface area is 858 Å². The van der Waals surface area contributed by atoms with Gasteiger partial charge in [0.05, 0.1) is 60.4 Å². The highest BCUT2D eigenvalue weighted by Crippen LogP contribution is 2.54. The van der Waals surface area contributed by atoms with Crippen molar-refractivity contribution in [3.8, 4) is 57.8 Å². The monoisotopic (exact) mass is 2090 g/mol. The summed E-state index contributed by atoms with van der Waals surface area (Å²) in [7, 11) is 6.92. The van der Waals surface area contributed by atoms with E-state index in [0.29, 0.717) is 146 Å². The van der Waals surface area contributed by atoms with Gasteiger partial charge in [0.1, 0.15) is 94.0 Å². The molecule has 18 rings (SSSR count). The topological polar surface area (TPSA) is 276 Å². The lowest BCUT2D eigenvalue weighted by molar-refractivity contribution is -0.137. The molecule has 4 aliphatic heterocycles. The molecule has 4 atom stereocenters. The smallest absolute Gasteiger partial charge is 0.281 e. The van der Waals surface area contributed by atoms with Crippen molar-refractivity contribution in [2.45, 2.75) is 113 Å². The van der Waals surface area contributed by atoms with Crippen molar-refractivity contribution in [3.05, 3.63) is 337 Å². The highest BCUT2D eigenvalue weighted by atomic mass is 32.2. The minimum Gasteiger partial charge on any atom is -0.493 e. The zero-order valence-corrected chi connectivity index (χ0v) is 84.0. The van der Waals surface area contributed by atoms with Crippen LogP contribution in [0.1, 0.15) is 181 Å². The van der Waals surface area contributed by atoms with Gasteiger partial charge in [0.2, 0.25) is 11.7 Å². The van der Waals surface area contributed by atoms with Crippen LogP contribution < -0.4 is 47.9 Å². The molecule has 0 radical (unpaired) electrons. The Balaban J connectivity index is 0.000000148. The molecular weight excluding hydrogens is 2000 g/mol. The zero-order valence-electron chi connectivity index (χ0n) is 80.7. The predicted octanol–water partition coefficient (Wildman–Crippen LogP) is 23.5. The molecule has 4 unspecified atom stereocenters. The molecule has 11 aromatic rings. The van der Waals surface area contributed by atoms with E-state index < -0.39 is 96.7 Å². The van der Waals surface area contributed by atoms with Crippen LogP contribution in [0.15, 0.2) is 233 Å². The molecule has 3 aliphatic carbocycles. The van der Waals surface area contributed by atoms with Crippen molar-refractivity contribution in [3.63, 3.8) is 0 Å². The van der Waals surface area contributed by atoms with E-state index in [-0.39, 0.29) is 71.1 Å². The van der Waals surface area contributed by atoms with Crippen LogP contribution in [0.25, 0.3) is 0 Å². The summed E-state index contributed by atoms with van der Waals surface area (Å²) >= 11 is 5.00. The number of amides is 5. The van der Waals surface area contributed by atoms with Crippen LogP contribution in [0.2, 0.25) is 0 Å². The van der Waals surface area contributed by atoms with Gasteiger partial charge in [-0.25, -0.2) is 59.5 Å². The number of nitriles is 1. The molecule has 11 aromatic carbocycles. The van der Waals surface area contributed by atoms with Crippen LogP contribution in [0.4, 0.5) is 43.9 Å². The van der Waals surface area contributed by atoms with E-state index >= 15 is 4.39 Å². The number of nitrogens with zero attached hydrogens (tertiary/aromatic N) is 9. The minimum atomic E-state index is -1.55. The van der Waals surface area contributed by atoms with E-state index in [1.54, 1.807) is 79.9 Å². The quantitative estimate of drug-likeness (QED) is 0.0227. The Bertz CT molecular complexity index is 6780. The fraction of sp³-hybridized carbons (Fsp3) is 0.296. The lowest BCUT2D eigenvalue weighted by atomic mass is 9.88. The SMILES string of the molecule is COc1c(OCC(=O)NCCCOC(C)C)cccc1C1SC(c2ccc(F)cc2)=NN1C(=O)c1c(F)cc(F)cc1F.COc1c(OCC2CC2)cccc1C1SC(c2ccc(F)cc2)=NN1C(=O)c1cc(F)c(F)c(OC)c1F.COc1c(OCC2CC2)cccc1C1SC(c2ccc(F)cc2)=NN1C(=O)c1ccccc1C.COc1cccc(C2SC(c3ccc(F)cc3)=NN2C(=O)C2CCCCC2)c1OCC#N. The van der Waals surface area contributed by atoms with Crippen LogP contribution >= 0.6 is 47.0 Å². The molecule has 147 heavy (non-hydrogen) atoms. The Kier molecular flexibility index (Phi) is 36.3. The number of methoxy groups -OCH3 is 5. The number of hydrogen-bond acceptors (Lipinski definition) is 24. The lowest BCUT2D eigenvalue weighted by Gasteiger charge is -2.28. The van der Waals surface area contributed by atoms with E-state index in [9.17, 15) is 63.5 Å². The second-order valence-corrected chi connectivity index (χ2v) is 38.8. The maximum Gasteiger partial charge on any atom is 0.281 e. The number of nitrogens with one attached hydrogen (secondary N) is 1. The summed E-state index contributed by atoms with van der Waals surface area (Å²) in [5.74, 6) is -9.52. The Morgan fingerprint density at radius 2 is 0.803 bits per heavy atom. The van der Waals surface area contributed by atoms with Gasteiger partial charge in [-0.1, -0.05) is 133 Å². The molecule has 25 nitrogen and oxygen atoms in total. The van der Waals surface area contributed by atoms with E-state index in [2.05, 4.69) is 25.4 Å². The molecule has 0 spiro atoms. The van der Waals surface area contributed by atoms with Crippen molar-refractivity contribution in [1.29, 1.82) is 5.26 Å². The normalized spacial score (nSPS) is 16.7. The average Bonchev–Trinajstić information content (AvgIpc) is 1.67. The van der Waals surface area contributed by atoms with Gasteiger partial charge in [-0.05, 0) is 217 Å². The molecule has 0 bridgehead atoms. The number of halogens is 10. The lowest BCUT2D eigenvalue weighted by Crippen LogP contribution is -2.33. The molecule has 0 aromatic heterocycles. The number of hydrogen-bond donors (Lipinski definition) is 1. The standard InChI is InChI=1S/C30H29F4N3O5S.C27H22F4N2O4S.C27H25FN2O3S.C24H24FN3O3S/c1-17(2)41-13-5-12-35-25(38)16-42-24-7-4-6-21(27(24)40-3)30-37(29(39)26-22(33)14-20(32)15-23(26)34)36-28(43-30)18-8-10-19(31)11-9-18;1-35-23-17(4-3-5-20(23)37-13-14-6-7-14)27-33(32-25(38-27)15-8-10-16(28)11-9-15)26(34)18-12-19(29)22(31)24(36-2)21(18)30;1-17-6-3-4-7-21(17)26(31)30-27(34-25(29-30)19-12-14-20(28)15-13-19)22-8-5-9-23(24(22)32-2)33-16-18-10-11-18;1-30-20-9-5-8-19(21(20)31-15-14-26)24-28(23(29)17-6-3-2-4-7-17)27-22(32-24)16-10-12-18(25)13-11-16/h4,6-11,14-15,17,30H,5,12-13,16H2,1-3H3,(H,35,38);3-5,8-12,14,27H,6-7,13H2,1-2H3;3-9,12-15,18,27H,10-11,16H2,1-2H3;5,8-13,17,24H,2-4,6-7,15H2,1H3.